The molecule has 0 atom stereocenters. The van der Waals surface area contributed by atoms with Gasteiger partial charge in [0.25, 0.3) is 0 Å². The lowest BCUT2D eigenvalue weighted by Gasteiger charge is -2.23. The smallest absolute Gasteiger partial charge is 0.146 e. The Kier molecular flexibility index (Phi) is 8.75. The number of nitrogens with zero attached hydrogens (tertiary/aromatic N) is 5. The molecular formula is C50H41N5. The Balaban J connectivity index is 1.36. The van der Waals surface area contributed by atoms with Gasteiger partial charge in [-0.05, 0) is 117 Å². The number of hydrogen-bond acceptors (Lipinski definition) is 3. The zero-order valence-corrected chi connectivity index (χ0v) is 31.5. The van der Waals surface area contributed by atoms with E-state index in [-0.39, 0.29) is 0 Å². The van der Waals surface area contributed by atoms with Crippen molar-refractivity contribution in [3.8, 4) is 34.2 Å². The quantitative estimate of drug-likeness (QED) is 0.147. The van der Waals surface area contributed by atoms with E-state index in [9.17, 15) is 0 Å². The van der Waals surface area contributed by atoms with E-state index >= 15 is 0 Å². The van der Waals surface area contributed by atoms with Gasteiger partial charge in [0.05, 0.1) is 27.8 Å². The minimum absolute atomic E-state index is 0.804. The molecule has 0 fully saturated rings. The van der Waals surface area contributed by atoms with E-state index in [1.165, 1.54) is 11.1 Å². The summed E-state index contributed by atoms with van der Waals surface area (Å²) in [5.41, 5.74) is 17.1. The normalized spacial score (nSPS) is 11.8. The summed E-state index contributed by atoms with van der Waals surface area (Å²) in [6.45, 7) is 8.85. The summed E-state index contributed by atoms with van der Waals surface area (Å²) < 4.78 is 4.60. The minimum atomic E-state index is 0.804. The van der Waals surface area contributed by atoms with E-state index in [0.29, 0.717) is 0 Å². The molecule has 266 valence electrons. The molecule has 0 saturated heterocycles. The number of imidazole rings is 2. The summed E-state index contributed by atoms with van der Waals surface area (Å²) in [4.78, 5) is 16.3. The first-order valence-corrected chi connectivity index (χ1v) is 18.9. The lowest BCUT2D eigenvalue weighted by atomic mass is 9.85. The second kappa shape index (κ2) is 14.2. The van der Waals surface area contributed by atoms with Gasteiger partial charge in [0.2, 0.25) is 0 Å². The molecule has 7 aromatic carbocycles. The first kappa shape index (κ1) is 34.0. The standard InChI is InChI=1S/C50H41N5/c1-33-46(36(4)51-41-27-15-14-22-38(41)32-37-20-8-5-9-21-37)34(2)48(50-53-43-29-17-19-31-45(43)55(50)40-25-12-7-13-26-40)35(3)47(33)49-52-42-28-16-18-30-44(42)54(49)39-23-10-6-11-24-39/h5-31H,32H2,1-4H3/b51-36+. The number of rotatable bonds is 8. The highest BCUT2D eigenvalue weighted by atomic mass is 15.1. The third-order valence-corrected chi connectivity index (χ3v) is 10.7. The van der Waals surface area contributed by atoms with Gasteiger partial charge in [-0.15, -0.1) is 0 Å². The highest BCUT2D eigenvalue weighted by Gasteiger charge is 2.28. The Labute approximate surface area is 321 Å². The molecule has 0 bridgehead atoms. The van der Waals surface area contributed by atoms with Gasteiger partial charge in [-0.25, -0.2) is 9.97 Å². The Morgan fingerprint density at radius 3 is 1.45 bits per heavy atom. The molecule has 5 nitrogen and oxygen atoms in total. The number of hydrogen-bond donors (Lipinski definition) is 0. The number of aromatic nitrogens is 4. The van der Waals surface area contributed by atoms with Crippen molar-refractivity contribution in [3.05, 3.63) is 197 Å². The molecule has 0 spiro atoms. The van der Waals surface area contributed by atoms with E-state index in [1.807, 2.05) is 0 Å². The molecule has 0 saturated carbocycles. The van der Waals surface area contributed by atoms with Crippen molar-refractivity contribution in [2.24, 2.45) is 4.99 Å². The summed E-state index contributed by atoms with van der Waals surface area (Å²) in [5.74, 6) is 1.79. The zero-order chi connectivity index (χ0) is 37.5. The Morgan fingerprint density at radius 1 is 0.491 bits per heavy atom. The summed E-state index contributed by atoms with van der Waals surface area (Å²) in [6, 6.07) is 57.0. The highest BCUT2D eigenvalue weighted by molar-refractivity contribution is 6.07. The average Bonchev–Trinajstić information content (AvgIpc) is 3.78. The summed E-state index contributed by atoms with van der Waals surface area (Å²) >= 11 is 0. The third kappa shape index (κ3) is 6.04. The van der Waals surface area contributed by atoms with Crippen LogP contribution >= 0.6 is 0 Å². The van der Waals surface area contributed by atoms with Gasteiger partial charge in [0.15, 0.2) is 0 Å². The van der Waals surface area contributed by atoms with Gasteiger partial charge in [0.1, 0.15) is 11.6 Å². The number of fused-ring (bicyclic) bond motifs is 2. The first-order valence-electron chi connectivity index (χ1n) is 18.9. The molecule has 0 unspecified atom stereocenters. The van der Waals surface area contributed by atoms with Crippen molar-refractivity contribution in [3.63, 3.8) is 0 Å². The van der Waals surface area contributed by atoms with Crippen LogP contribution in [0, 0.1) is 20.8 Å². The van der Waals surface area contributed by atoms with Gasteiger partial charge in [0, 0.05) is 33.8 Å². The molecule has 55 heavy (non-hydrogen) atoms. The molecule has 0 N–H and O–H groups in total. The van der Waals surface area contributed by atoms with Crippen molar-refractivity contribution in [1.82, 2.24) is 19.1 Å². The maximum absolute atomic E-state index is 5.46. The molecule has 2 aromatic heterocycles. The molecule has 9 aromatic rings. The Hall–Kier alpha value is -6.85. The first-order chi connectivity index (χ1) is 27.0. The molecule has 0 aliphatic rings. The van der Waals surface area contributed by atoms with Crippen molar-refractivity contribution >= 4 is 33.5 Å². The third-order valence-electron chi connectivity index (χ3n) is 10.7. The van der Waals surface area contributed by atoms with E-state index in [4.69, 9.17) is 15.0 Å². The fourth-order valence-corrected chi connectivity index (χ4v) is 8.32. The number of aliphatic imine (C=N–C) groups is 1. The maximum atomic E-state index is 5.46. The molecular weight excluding hydrogens is 671 g/mol. The summed E-state index contributed by atoms with van der Waals surface area (Å²) in [5, 5.41) is 0. The predicted molar refractivity (Wildman–Crippen MR) is 228 cm³/mol. The fourth-order valence-electron chi connectivity index (χ4n) is 8.32. The second-order valence-corrected chi connectivity index (χ2v) is 14.2. The number of para-hydroxylation sites is 7. The Bertz CT molecular complexity index is 2720. The fraction of sp³-hybridized carbons (Fsp3) is 0.100. The van der Waals surface area contributed by atoms with Crippen LogP contribution in [0.5, 0.6) is 0 Å². The van der Waals surface area contributed by atoms with Crippen LogP contribution in [0.2, 0.25) is 0 Å². The van der Waals surface area contributed by atoms with Gasteiger partial charge >= 0.3 is 0 Å². The predicted octanol–water partition coefficient (Wildman–Crippen LogP) is 12.4. The topological polar surface area (TPSA) is 48.0 Å². The van der Waals surface area contributed by atoms with Gasteiger partial charge in [-0.2, -0.15) is 0 Å². The van der Waals surface area contributed by atoms with E-state index in [2.05, 4.69) is 201 Å². The highest BCUT2D eigenvalue weighted by Crippen LogP contribution is 2.43. The van der Waals surface area contributed by atoms with Crippen molar-refractivity contribution in [1.29, 1.82) is 0 Å². The molecule has 5 heteroatoms. The average molecular weight is 712 g/mol. The van der Waals surface area contributed by atoms with Gasteiger partial charge < -0.3 is 0 Å². The van der Waals surface area contributed by atoms with Crippen LogP contribution in [-0.2, 0) is 6.42 Å². The maximum Gasteiger partial charge on any atom is 0.146 e. The van der Waals surface area contributed by atoms with E-state index < -0.39 is 0 Å². The Morgan fingerprint density at radius 2 is 0.927 bits per heavy atom. The van der Waals surface area contributed by atoms with Crippen LogP contribution < -0.4 is 0 Å². The zero-order valence-electron chi connectivity index (χ0n) is 31.5. The lowest BCUT2D eigenvalue weighted by molar-refractivity contribution is 1.07. The largest absolute Gasteiger partial charge is 0.292 e. The SMILES string of the molecule is C/C(=N\c1ccccc1Cc1ccccc1)c1c(C)c(-c2nc3ccccc3n2-c2ccccc2)c(C)c(-c2nc3ccccc3n2-c2ccccc2)c1C. The van der Waals surface area contributed by atoms with Crippen molar-refractivity contribution in [2.75, 3.05) is 0 Å². The van der Waals surface area contributed by atoms with Crippen LogP contribution in [-0.4, -0.2) is 24.8 Å². The number of benzene rings is 7. The van der Waals surface area contributed by atoms with Crippen LogP contribution in [0.4, 0.5) is 5.69 Å². The summed E-state index contributed by atoms with van der Waals surface area (Å²) in [6.07, 6.45) is 0.804. The molecule has 2 heterocycles. The lowest BCUT2D eigenvalue weighted by Crippen LogP contribution is -2.11. The summed E-state index contributed by atoms with van der Waals surface area (Å²) in [7, 11) is 0. The van der Waals surface area contributed by atoms with E-state index in [0.717, 1.165) is 96.3 Å². The second-order valence-electron chi connectivity index (χ2n) is 14.2. The van der Waals surface area contributed by atoms with Crippen LogP contribution in [0.25, 0.3) is 56.2 Å². The van der Waals surface area contributed by atoms with Gasteiger partial charge in [-0.1, -0.05) is 109 Å². The van der Waals surface area contributed by atoms with Crippen LogP contribution in [0.1, 0.15) is 40.3 Å². The van der Waals surface area contributed by atoms with Gasteiger partial charge in [-0.3, -0.25) is 14.1 Å². The van der Waals surface area contributed by atoms with Crippen LogP contribution in [0.3, 0.4) is 0 Å². The molecule has 0 radical (unpaired) electrons. The van der Waals surface area contributed by atoms with Crippen molar-refractivity contribution < 1.29 is 0 Å². The van der Waals surface area contributed by atoms with Crippen LogP contribution in [0.15, 0.2) is 169 Å². The van der Waals surface area contributed by atoms with E-state index in [1.54, 1.807) is 0 Å². The van der Waals surface area contributed by atoms with Crippen molar-refractivity contribution in [2.45, 2.75) is 34.1 Å². The molecule has 9 rings (SSSR count). The molecule has 0 aliphatic carbocycles. The monoisotopic (exact) mass is 711 g/mol. The molecule has 0 amide bonds. The molecule has 0 aliphatic heterocycles. The minimum Gasteiger partial charge on any atom is -0.292 e.